The SMILES string of the molecule is C[C@]12C=CC(=O)C=C1C=C[C@@H]1[C@@H]2CC[C@@]2(C)[C@H]1CCC21OCCO1. The highest BCUT2D eigenvalue weighted by Gasteiger charge is 2.66. The van der Waals surface area contributed by atoms with E-state index in [9.17, 15) is 4.79 Å². The van der Waals surface area contributed by atoms with Crippen LogP contribution in [0, 0.1) is 28.6 Å². The van der Waals surface area contributed by atoms with Crippen LogP contribution in [0.2, 0.25) is 0 Å². The molecule has 3 fully saturated rings. The largest absolute Gasteiger partial charge is 0.347 e. The molecule has 0 aromatic heterocycles. The van der Waals surface area contributed by atoms with Crippen LogP contribution in [0.25, 0.3) is 0 Å². The summed E-state index contributed by atoms with van der Waals surface area (Å²) in [7, 11) is 0. The molecular weight excluding hydrogens is 300 g/mol. The highest BCUT2D eigenvalue weighted by atomic mass is 16.7. The maximum atomic E-state index is 11.8. The maximum Gasteiger partial charge on any atom is 0.178 e. The molecule has 5 rings (SSSR count). The highest BCUT2D eigenvalue weighted by molar-refractivity contribution is 6.01. The molecule has 2 saturated carbocycles. The number of carbonyl (C=O) groups excluding carboxylic acids is 1. The van der Waals surface area contributed by atoms with E-state index in [0.29, 0.717) is 17.8 Å². The van der Waals surface area contributed by atoms with Crippen molar-refractivity contribution < 1.29 is 14.3 Å². The van der Waals surface area contributed by atoms with Gasteiger partial charge in [0.1, 0.15) is 0 Å². The van der Waals surface area contributed by atoms with Gasteiger partial charge in [-0.15, -0.1) is 0 Å². The topological polar surface area (TPSA) is 35.5 Å². The Morgan fingerprint density at radius 1 is 1.04 bits per heavy atom. The lowest BCUT2D eigenvalue weighted by molar-refractivity contribution is -0.238. The van der Waals surface area contributed by atoms with Gasteiger partial charge in [0.05, 0.1) is 13.2 Å². The first-order valence-corrected chi connectivity index (χ1v) is 9.40. The van der Waals surface area contributed by atoms with Crippen LogP contribution in [0.5, 0.6) is 0 Å². The molecule has 24 heavy (non-hydrogen) atoms. The van der Waals surface area contributed by atoms with Crippen molar-refractivity contribution in [1.29, 1.82) is 0 Å². The number of hydrogen-bond donors (Lipinski definition) is 0. The maximum absolute atomic E-state index is 11.8. The zero-order valence-electron chi connectivity index (χ0n) is 14.6. The fourth-order valence-corrected chi connectivity index (χ4v) is 6.54. The molecule has 0 N–H and O–H groups in total. The second kappa shape index (κ2) is 4.70. The van der Waals surface area contributed by atoms with Crippen molar-refractivity contribution in [3.63, 3.8) is 0 Å². The lowest BCUT2D eigenvalue weighted by Crippen LogP contribution is -2.53. The van der Waals surface area contributed by atoms with E-state index in [4.69, 9.17) is 9.47 Å². The Morgan fingerprint density at radius 2 is 1.79 bits per heavy atom. The third-order valence-corrected chi connectivity index (χ3v) is 7.91. The molecule has 0 radical (unpaired) electrons. The van der Waals surface area contributed by atoms with Gasteiger partial charge in [0, 0.05) is 17.3 Å². The standard InChI is InChI=1S/C21H26O3/c1-19-8-5-15(22)13-14(19)3-4-16-17(19)6-9-20(2)18(16)7-10-21(20)23-11-12-24-21/h3-5,8,13,16-18H,6-7,9-12H2,1-2H3/t16-,17+,18+,19+,20+/m1/s1. The summed E-state index contributed by atoms with van der Waals surface area (Å²) in [5.74, 6) is 1.52. The molecular formula is C21H26O3. The summed E-state index contributed by atoms with van der Waals surface area (Å²) in [5, 5.41) is 0. The zero-order chi connectivity index (χ0) is 16.6. The Balaban J connectivity index is 1.55. The van der Waals surface area contributed by atoms with Crippen LogP contribution in [0.15, 0.2) is 36.0 Å². The summed E-state index contributed by atoms with van der Waals surface area (Å²) in [6.07, 6.45) is 14.9. The molecule has 1 saturated heterocycles. The van der Waals surface area contributed by atoms with E-state index in [1.165, 1.54) is 18.4 Å². The lowest BCUT2D eigenvalue weighted by Gasteiger charge is -2.56. The molecule has 0 unspecified atom stereocenters. The van der Waals surface area contributed by atoms with Gasteiger partial charge in [0.15, 0.2) is 11.6 Å². The van der Waals surface area contributed by atoms with Crippen molar-refractivity contribution >= 4 is 5.78 Å². The predicted molar refractivity (Wildman–Crippen MR) is 91.2 cm³/mol. The second-order valence-corrected chi connectivity index (χ2v) is 8.71. The molecule has 128 valence electrons. The average Bonchev–Trinajstić information content (AvgIpc) is 3.15. The molecule has 4 aliphatic carbocycles. The first-order valence-electron chi connectivity index (χ1n) is 9.40. The molecule has 0 aromatic carbocycles. The van der Waals surface area contributed by atoms with Crippen molar-refractivity contribution in [3.05, 3.63) is 36.0 Å². The van der Waals surface area contributed by atoms with Gasteiger partial charge in [-0.3, -0.25) is 4.79 Å². The molecule has 5 atom stereocenters. The Bertz CT molecular complexity index is 681. The fourth-order valence-electron chi connectivity index (χ4n) is 6.54. The van der Waals surface area contributed by atoms with E-state index in [2.05, 4.69) is 32.1 Å². The number of fused-ring (bicyclic) bond motifs is 6. The van der Waals surface area contributed by atoms with Gasteiger partial charge in [-0.2, -0.15) is 0 Å². The van der Waals surface area contributed by atoms with Crippen molar-refractivity contribution in [3.8, 4) is 0 Å². The minimum absolute atomic E-state index is 0.00179. The summed E-state index contributed by atoms with van der Waals surface area (Å²) < 4.78 is 12.4. The average molecular weight is 326 g/mol. The molecule has 1 spiro atoms. The molecule has 5 aliphatic rings. The monoisotopic (exact) mass is 326 g/mol. The van der Waals surface area contributed by atoms with Crippen molar-refractivity contribution in [2.45, 2.75) is 45.3 Å². The summed E-state index contributed by atoms with van der Waals surface area (Å²) >= 11 is 0. The predicted octanol–water partition coefficient (Wildman–Crippen LogP) is 3.81. The summed E-state index contributed by atoms with van der Waals surface area (Å²) in [5.41, 5.74) is 1.31. The van der Waals surface area contributed by atoms with Gasteiger partial charge in [-0.1, -0.05) is 32.1 Å². The van der Waals surface area contributed by atoms with Crippen LogP contribution >= 0.6 is 0 Å². The molecule has 1 heterocycles. The third kappa shape index (κ3) is 1.68. The number of carbonyl (C=O) groups is 1. The van der Waals surface area contributed by atoms with Gasteiger partial charge in [0.2, 0.25) is 0 Å². The molecule has 1 aliphatic heterocycles. The van der Waals surface area contributed by atoms with Gasteiger partial charge in [-0.05, 0) is 54.7 Å². The van der Waals surface area contributed by atoms with Crippen molar-refractivity contribution in [1.82, 2.24) is 0 Å². The molecule has 0 amide bonds. The first kappa shape index (κ1) is 15.1. The molecule has 0 bridgehead atoms. The van der Waals surface area contributed by atoms with E-state index < -0.39 is 0 Å². The Hall–Kier alpha value is -1.19. The van der Waals surface area contributed by atoms with Crippen LogP contribution in [0.1, 0.15) is 39.5 Å². The van der Waals surface area contributed by atoms with E-state index in [-0.39, 0.29) is 22.4 Å². The number of rotatable bonds is 0. The van der Waals surface area contributed by atoms with E-state index >= 15 is 0 Å². The summed E-state index contributed by atoms with van der Waals surface area (Å²) in [6, 6.07) is 0. The van der Waals surface area contributed by atoms with Gasteiger partial charge < -0.3 is 9.47 Å². The minimum atomic E-state index is -0.341. The van der Waals surface area contributed by atoms with E-state index in [1.54, 1.807) is 6.08 Å². The van der Waals surface area contributed by atoms with Gasteiger partial charge in [-0.25, -0.2) is 0 Å². The third-order valence-electron chi connectivity index (χ3n) is 7.91. The Labute approximate surface area is 143 Å². The van der Waals surface area contributed by atoms with Crippen molar-refractivity contribution in [2.75, 3.05) is 13.2 Å². The van der Waals surface area contributed by atoms with Gasteiger partial charge in [0.25, 0.3) is 0 Å². The van der Waals surface area contributed by atoms with Crippen LogP contribution in [-0.2, 0) is 14.3 Å². The lowest BCUT2D eigenvalue weighted by atomic mass is 9.50. The molecule has 3 nitrogen and oxygen atoms in total. The van der Waals surface area contributed by atoms with Gasteiger partial charge >= 0.3 is 0 Å². The fraction of sp³-hybridized carbons (Fsp3) is 0.667. The Kier molecular flexibility index (Phi) is 2.96. The molecule has 3 heteroatoms. The van der Waals surface area contributed by atoms with Crippen molar-refractivity contribution in [2.24, 2.45) is 28.6 Å². The number of ketones is 1. The number of ether oxygens (including phenoxy) is 2. The van der Waals surface area contributed by atoms with E-state index in [1.807, 2.05) is 6.08 Å². The Morgan fingerprint density at radius 3 is 2.58 bits per heavy atom. The number of hydrogen-bond acceptors (Lipinski definition) is 3. The smallest absolute Gasteiger partial charge is 0.178 e. The minimum Gasteiger partial charge on any atom is -0.347 e. The second-order valence-electron chi connectivity index (χ2n) is 8.71. The summed E-state index contributed by atoms with van der Waals surface area (Å²) in [4.78, 5) is 11.8. The number of allylic oxidation sites excluding steroid dienone is 6. The van der Waals surface area contributed by atoms with Crippen LogP contribution < -0.4 is 0 Å². The van der Waals surface area contributed by atoms with Crippen LogP contribution in [0.3, 0.4) is 0 Å². The quantitative estimate of drug-likeness (QED) is 0.679. The van der Waals surface area contributed by atoms with Crippen LogP contribution in [-0.4, -0.2) is 24.8 Å². The highest BCUT2D eigenvalue weighted by Crippen LogP contribution is 2.67. The normalized spacial score (nSPS) is 48.2. The van der Waals surface area contributed by atoms with Crippen LogP contribution in [0.4, 0.5) is 0 Å². The van der Waals surface area contributed by atoms with E-state index in [0.717, 1.165) is 26.1 Å². The zero-order valence-corrected chi connectivity index (χ0v) is 14.6. The first-order chi connectivity index (χ1) is 11.5. The molecule has 0 aromatic rings. The summed E-state index contributed by atoms with van der Waals surface area (Å²) in [6.45, 7) is 6.19.